The monoisotopic (exact) mass is 514 g/mol. The van der Waals surface area contributed by atoms with E-state index in [0.29, 0.717) is 41.2 Å². The highest BCUT2D eigenvalue weighted by Gasteiger charge is 2.29. The van der Waals surface area contributed by atoms with Crippen LogP contribution in [0.3, 0.4) is 0 Å². The van der Waals surface area contributed by atoms with Crippen LogP contribution in [0.4, 0.5) is 26.2 Å². The Morgan fingerprint density at radius 1 is 0.886 bits per heavy atom. The van der Waals surface area contributed by atoms with Gasteiger partial charge in [-0.1, -0.05) is 0 Å². The van der Waals surface area contributed by atoms with Gasteiger partial charge in [-0.25, -0.2) is 27.2 Å². The molecule has 1 saturated heterocycles. The predicted molar refractivity (Wildman–Crippen MR) is 130 cm³/mol. The minimum absolute atomic E-state index is 0.0557. The van der Waals surface area contributed by atoms with E-state index in [2.05, 4.69) is 20.3 Å². The van der Waals surface area contributed by atoms with Gasteiger partial charge in [0.25, 0.3) is 0 Å². The van der Waals surface area contributed by atoms with Crippen LogP contribution in [0.2, 0.25) is 0 Å². The Balaban J connectivity index is 1.38. The zero-order valence-corrected chi connectivity index (χ0v) is 19.9. The second-order valence-electron chi connectivity index (χ2n) is 7.75. The van der Waals surface area contributed by atoms with Crippen LogP contribution in [-0.4, -0.2) is 53.9 Å². The molecular weight excluding hydrogens is 494 g/mol. The second-order valence-corrected chi connectivity index (χ2v) is 10.6. The van der Waals surface area contributed by atoms with Gasteiger partial charge in [0.15, 0.2) is 0 Å². The van der Waals surface area contributed by atoms with Gasteiger partial charge in [-0.05, 0) is 48.5 Å². The summed E-state index contributed by atoms with van der Waals surface area (Å²) in [4.78, 5) is 15.6. The van der Waals surface area contributed by atoms with Crippen LogP contribution in [0.25, 0.3) is 10.7 Å². The quantitative estimate of drug-likeness (QED) is 0.414. The summed E-state index contributed by atoms with van der Waals surface area (Å²) in [6, 6.07) is 12.5. The van der Waals surface area contributed by atoms with E-state index in [1.807, 2.05) is 10.3 Å². The maximum Gasteiger partial charge on any atom is 0.243 e. The lowest BCUT2D eigenvalue weighted by atomic mass is 10.3. The minimum atomic E-state index is -3.73. The number of halogens is 2. The highest BCUT2D eigenvalue weighted by molar-refractivity contribution is 7.89. The van der Waals surface area contributed by atoms with E-state index in [9.17, 15) is 17.2 Å². The van der Waals surface area contributed by atoms with E-state index in [1.165, 1.54) is 39.9 Å². The standard InChI is InChI=1S/C23H20F2N6O2S2/c24-16-1-5-18(6-2-16)27-21-15-20(22-26-9-14-34-22)28-23(29-21)30-10-12-31(13-11-30)35(32,33)19-7-3-17(25)4-8-19/h1-9,14-15H,10-13H2,(H,27,28,29). The molecule has 35 heavy (non-hydrogen) atoms. The first-order chi connectivity index (χ1) is 16.9. The third kappa shape index (κ3) is 5.14. The third-order valence-corrected chi connectivity index (χ3v) is 8.16. The number of piperazine rings is 1. The maximum atomic E-state index is 13.3. The number of aromatic nitrogens is 3. The van der Waals surface area contributed by atoms with E-state index < -0.39 is 15.8 Å². The summed E-state index contributed by atoms with van der Waals surface area (Å²) < 4.78 is 53.8. The van der Waals surface area contributed by atoms with Gasteiger partial charge in [0.05, 0.1) is 4.90 Å². The Morgan fingerprint density at radius 3 is 2.17 bits per heavy atom. The molecule has 1 N–H and O–H groups in total. The van der Waals surface area contributed by atoms with Crippen LogP contribution in [0.15, 0.2) is 71.1 Å². The molecule has 0 spiro atoms. The number of nitrogens with one attached hydrogen (secondary N) is 1. The number of anilines is 3. The van der Waals surface area contributed by atoms with E-state index in [-0.39, 0.29) is 23.8 Å². The lowest BCUT2D eigenvalue weighted by Crippen LogP contribution is -2.49. The number of sulfonamides is 1. The molecule has 0 aliphatic carbocycles. The molecule has 0 unspecified atom stereocenters. The lowest BCUT2D eigenvalue weighted by molar-refractivity contribution is 0.382. The van der Waals surface area contributed by atoms with Gasteiger partial charge in [0.2, 0.25) is 16.0 Å². The molecular formula is C23H20F2N6O2S2. The van der Waals surface area contributed by atoms with Crippen molar-refractivity contribution in [1.82, 2.24) is 19.3 Å². The molecule has 12 heteroatoms. The molecule has 2 aromatic heterocycles. The van der Waals surface area contributed by atoms with Crippen LogP contribution < -0.4 is 10.2 Å². The first-order valence-electron chi connectivity index (χ1n) is 10.7. The molecule has 1 aliphatic heterocycles. The van der Waals surface area contributed by atoms with Gasteiger partial charge in [0.1, 0.15) is 28.2 Å². The summed E-state index contributed by atoms with van der Waals surface area (Å²) >= 11 is 1.44. The third-order valence-electron chi connectivity index (χ3n) is 5.46. The van der Waals surface area contributed by atoms with Gasteiger partial charge < -0.3 is 10.2 Å². The first-order valence-corrected chi connectivity index (χ1v) is 13.0. The number of rotatable bonds is 6. The smallest absolute Gasteiger partial charge is 0.243 e. The van der Waals surface area contributed by atoms with Gasteiger partial charge in [-0.3, -0.25) is 0 Å². The number of benzene rings is 2. The largest absolute Gasteiger partial charge is 0.340 e. The molecule has 0 saturated carbocycles. The molecule has 1 aliphatic rings. The highest BCUT2D eigenvalue weighted by Crippen LogP contribution is 2.27. The summed E-state index contributed by atoms with van der Waals surface area (Å²) in [5.74, 6) is 0.112. The SMILES string of the molecule is O=S(=O)(c1ccc(F)cc1)N1CCN(c2nc(Nc3ccc(F)cc3)cc(-c3nccs3)n2)CC1. The number of hydrogen-bond acceptors (Lipinski definition) is 8. The molecule has 8 nitrogen and oxygen atoms in total. The van der Waals surface area contributed by atoms with Crippen molar-refractivity contribution in [2.75, 3.05) is 36.4 Å². The van der Waals surface area contributed by atoms with Crippen molar-refractivity contribution in [1.29, 1.82) is 0 Å². The predicted octanol–water partition coefficient (Wildman–Crippen LogP) is 4.13. The van der Waals surface area contributed by atoms with Crippen molar-refractivity contribution in [3.8, 4) is 10.7 Å². The van der Waals surface area contributed by atoms with Gasteiger partial charge >= 0.3 is 0 Å². The lowest BCUT2D eigenvalue weighted by Gasteiger charge is -2.34. The molecule has 1 fully saturated rings. The average molecular weight is 515 g/mol. The fraction of sp³-hybridized carbons (Fsp3) is 0.174. The molecule has 5 rings (SSSR count). The summed E-state index contributed by atoms with van der Waals surface area (Å²) in [7, 11) is -3.73. The zero-order valence-electron chi connectivity index (χ0n) is 18.3. The van der Waals surface area contributed by atoms with E-state index in [1.54, 1.807) is 24.4 Å². The average Bonchev–Trinajstić information content (AvgIpc) is 3.41. The van der Waals surface area contributed by atoms with Crippen molar-refractivity contribution < 1.29 is 17.2 Å². The molecule has 3 heterocycles. The highest BCUT2D eigenvalue weighted by atomic mass is 32.2. The minimum Gasteiger partial charge on any atom is -0.340 e. The van der Waals surface area contributed by atoms with Crippen molar-refractivity contribution in [3.05, 3.63) is 77.8 Å². The number of thiazole rings is 1. The zero-order chi connectivity index (χ0) is 24.4. The summed E-state index contributed by atoms with van der Waals surface area (Å²) in [5, 5.41) is 5.73. The maximum absolute atomic E-state index is 13.3. The fourth-order valence-electron chi connectivity index (χ4n) is 3.66. The van der Waals surface area contributed by atoms with Crippen molar-refractivity contribution in [2.24, 2.45) is 0 Å². The molecule has 180 valence electrons. The first kappa shape index (κ1) is 23.3. The topological polar surface area (TPSA) is 91.3 Å². The fourth-order valence-corrected chi connectivity index (χ4v) is 5.68. The molecule has 0 bridgehead atoms. The van der Waals surface area contributed by atoms with Crippen molar-refractivity contribution in [2.45, 2.75) is 4.90 Å². The summed E-state index contributed by atoms with van der Waals surface area (Å²) in [5.41, 5.74) is 1.28. The van der Waals surface area contributed by atoms with Crippen LogP contribution in [0, 0.1) is 11.6 Å². The van der Waals surface area contributed by atoms with Crippen LogP contribution in [0.5, 0.6) is 0 Å². The second kappa shape index (κ2) is 9.64. The van der Waals surface area contributed by atoms with Gasteiger partial charge in [-0.15, -0.1) is 11.3 Å². The molecule has 2 aromatic carbocycles. The summed E-state index contributed by atoms with van der Waals surface area (Å²) in [6.07, 6.45) is 1.69. The van der Waals surface area contributed by atoms with Gasteiger partial charge in [-0.2, -0.15) is 9.29 Å². The normalized spacial score (nSPS) is 14.7. The van der Waals surface area contributed by atoms with Crippen molar-refractivity contribution in [3.63, 3.8) is 0 Å². The number of nitrogens with zero attached hydrogens (tertiary/aromatic N) is 5. The van der Waals surface area contributed by atoms with Gasteiger partial charge in [0, 0.05) is 49.5 Å². The Hall–Kier alpha value is -3.48. The van der Waals surface area contributed by atoms with Crippen LogP contribution in [0.1, 0.15) is 0 Å². The van der Waals surface area contributed by atoms with Crippen molar-refractivity contribution >= 4 is 38.8 Å². The Bertz CT molecular complexity index is 1410. The Kier molecular flexibility index (Phi) is 6.41. The van der Waals surface area contributed by atoms with Crippen LogP contribution >= 0.6 is 11.3 Å². The molecule has 0 amide bonds. The van der Waals surface area contributed by atoms with E-state index in [0.717, 1.165) is 12.1 Å². The van der Waals surface area contributed by atoms with E-state index >= 15 is 0 Å². The Labute approximate surface area is 205 Å². The molecule has 4 aromatic rings. The number of hydrogen-bond donors (Lipinski definition) is 1. The Morgan fingerprint density at radius 2 is 1.54 bits per heavy atom. The molecule has 0 radical (unpaired) electrons. The van der Waals surface area contributed by atoms with E-state index in [4.69, 9.17) is 0 Å². The molecule has 0 atom stereocenters. The summed E-state index contributed by atoms with van der Waals surface area (Å²) in [6.45, 7) is 1.20. The van der Waals surface area contributed by atoms with Crippen LogP contribution in [-0.2, 0) is 10.0 Å².